The Kier molecular flexibility index (Phi) is 12.7. The molecule has 0 aromatic heterocycles. The molecule has 6 heteroatoms. The third-order valence-corrected chi connectivity index (χ3v) is 3.11. The second-order valence-corrected chi connectivity index (χ2v) is 5.10. The number of nitrogens with one attached hydrogen (secondary N) is 3. The molecule has 0 bridgehead atoms. The third kappa shape index (κ3) is 9.40. The molecule has 1 aromatic rings. The molecule has 0 aliphatic rings. The average molecular weight is 442 g/mol. The average Bonchev–Trinajstić information content (AvgIpc) is 2.56. The maximum Gasteiger partial charge on any atom is 0.246 e. The predicted molar refractivity (Wildman–Crippen MR) is 112 cm³/mol. The van der Waals surface area contributed by atoms with Crippen LogP contribution in [0, 0.1) is 12.3 Å². The van der Waals surface area contributed by atoms with E-state index in [0.717, 1.165) is 25.1 Å². The molecule has 0 unspecified atom stereocenters. The van der Waals surface area contributed by atoms with Crippen molar-refractivity contribution < 1.29 is 4.79 Å². The number of nitrogens with zero attached hydrogens (tertiary/aromatic N) is 1. The van der Waals surface area contributed by atoms with Gasteiger partial charge in [-0.2, -0.15) is 0 Å². The van der Waals surface area contributed by atoms with Gasteiger partial charge in [-0.15, -0.1) is 30.4 Å². The lowest BCUT2D eigenvalue weighted by Crippen LogP contribution is -2.38. The number of carbonyl (C=O) groups excluding carboxylic acids is 1. The molecule has 0 saturated carbocycles. The van der Waals surface area contributed by atoms with Gasteiger partial charge < -0.3 is 16.0 Å². The van der Waals surface area contributed by atoms with Crippen molar-refractivity contribution in [3.05, 3.63) is 29.8 Å². The molecule has 1 aromatic carbocycles. The minimum atomic E-state index is -0.176. The summed E-state index contributed by atoms with van der Waals surface area (Å²) < 4.78 is 0. The molecule has 1 amide bonds. The Bertz CT molecular complexity index is 566. The van der Waals surface area contributed by atoms with Gasteiger partial charge in [0.15, 0.2) is 5.96 Å². The number of rotatable bonds is 8. The fourth-order valence-electron chi connectivity index (χ4n) is 1.96. The molecule has 0 aliphatic heterocycles. The van der Waals surface area contributed by atoms with Crippen molar-refractivity contribution >= 4 is 41.5 Å². The fraction of sp³-hybridized carbons (Fsp3) is 0.444. The first-order valence-corrected chi connectivity index (χ1v) is 8.08. The number of hydrogen-bond donors (Lipinski definition) is 3. The van der Waals surface area contributed by atoms with Crippen LogP contribution in [-0.2, 0) is 4.79 Å². The van der Waals surface area contributed by atoms with E-state index in [1.165, 1.54) is 12.8 Å². The number of anilines is 1. The first kappa shape index (κ1) is 22.2. The number of hydrogen-bond acceptors (Lipinski definition) is 2. The Labute approximate surface area is 162 Å². The second-order valence-electron chi connectivity index (χ2n) is 5.10. The van der Waals surface area contributed by atoms with Crippen LogP contribution >= 0.6 is 24.0 Å². The van der Waals surface area contributed by atoms with E-state index in [2.05, 4.69) is 33.8 Å². The lowest BCUT2D eigenvalue weighted by molar-refractivity contribution is -0.114. The van der Waals surface area contributed by atoms with Crippen molar-refractivity contribution in [2.24, 2.45) is 4.99 Å². The fourth-order valence-corrected chi connectivity index (χ4v) is 1.96. The third-order valence-electron chi connectivity index (χ3n) is 3.11. The number of carbonyl (C=O) groups is 1. The van der Waals surface area contributed by atoms with Crippen molar-refractivity contribution in [2.45, 2.75) is 33.1 Å². The molecule has 3 N–H and O–H groups in total. The summed E-state index contributed by atoms with van der Waals surface area (Å²) in [6.07, 6.45) is 8.79. The first-order chi connectivity index (χ1) is 11.2. The Balaban J connectivity index is 0.00000529. The second kappa shape index (κ2) is 13.7. The minimum absolute atomic E-state index is 0. The van der Waals surface area contributed by atoms with Crippen LogP contribution in [0.3, 0.4) is 0 Å². The molecular weight excluding hydrogens is 415 g/mol. The van der Waals surface area contributed by atoms with E-state index < -0.39 is 0 Å². The maximum atomic E-state index is 12.0. The summed E-state index contributed by atoms with van der Waals surface area (Å²) in [6.45, 7) is 5.83. The highest BCUT2D eigenvalue weighted by molar-refractivity contribution is 14.0. The predicted octanol–water partition coefficient (Wildman–Crippen LogP) is 2.97. The number of amides is 1. The van der Waals surface area contributed by atoms with Gasteiger partial charge in [0, 0.05) is 24.3 Å². The number of terminal acetylenes is 1. The normalized spacial score (nSPS) is 10.3. The Morgan fingerprint density at radius 2 is 2.04 bits per heavy atom. The molecule has 132 valence electrons. The molecular formula is C18H27IN4O. The van der Waals surface area contributed by atoms with Crippen LogP contribution in [0.5, 0.6) is 0 Å². The molecule has 1 rings (SSSR count). The molecule has 0 spiro atoms. The van der Waals surface area contributed by atoms with Crippen molar-refractivity contribution in [3.8, 4) is 12.3 Å². The summed E-state index contributed by atoms with van der Waals surface area (Å²) in [5.74, 6) is 3.03. The smallest absolute Gasteiger partial charge is 0.246 e. The van der Waals surface area contributed by atoms with Crippen LogP contribution in [0.4, 0.5) is 5.69 Å². The molecule has 0 fully saturated rings. The van der Waals surface area contributed by atoms with Crippen LogP contribution in [0.1, 0.15) is 38.7 Å². The van der Waals surface area contributed by atoms with E-state index in [4.69, 9.17) is 6.42 Å². The van der Waals surface area contributed by atoms with Gasteiger partial charge in [-0.25, -0.2) is 4.99 Å². The van der Waals surface area contributed by atoms with E-state index in [1.54, 1.807) is 12.1 Å². The zero-order valence-corrected chi connectivity index (χ0v) is 16.7. The quantitative estimate of drug-likeness (QED) is 0.191. The maximum absolute atomic E-state index is 12.0. The van der Waals surface area contributed by atoms with Gasteiger partial charge in [0.1, 0.15) is 6.54 Å². The van der Waals surface area contributed by atoms with Crippen LogP contribution in [0.15, 0.2) is 29.3 Å². The van der Waals surface area contributed by atoms with Gasteiger partial charge in [0.25, 0.3) is 0 Å². The van der Waals surface area contributed by atoms with Gasteiger partial charge in [-0.1, -0.05) is 31.8 Å². The van der Waals surface area contributed by atoms with Gasteiger partial charge >= 0.3 is 0 Å². The van der Waals surface area contributed by atoms with E-state index in [1.807, 2.05) is 19.1 Å². The standard InChI is InChI=1S/C18H26N4O.HI/c1-4-7-8-12-20-18(19-6-3)21-14-17(23)22-16-11-9-10-15(5-2)13-16;/h2,9-11,13H,4,6-8,12,14H2,1,3H3,(H,22,23)(H2,19,20,21);1H. The van der Waals surface area contributed by atoms with Gasteiger partial charge in [-0.05, 0) is 31.5 Å². The molecule has 0 atom stereocenters. The zero-order chi connectivity index (χ0) is 16.9. The molecule has 0 heterocycles. The topological polar surface area (TPSA) is 65.5 Å². The Hall–Kier alpha value is -1.75. The monoisotopic (exact) mass is 442 g/mol. The van der Waals surface area contributed by atoms with E-state index in [0.29, 0.717) is 11.6 Å². The van der Waals surface area contributed by atoms with E-state index in [9.17, 15) is 4.79 Å². The summed E-state index contributed by atoms with van der Waals surface area (Å²) in [7, 11) is 0. The van der Waals surface area contributed by atoms with Crippen molar-refractivity contribution in [1.82, 2.24) is 10.6 Å². The van der Waals surface area contributed by atoms with Crippen molar-refractivity contribution in [3.63, 3.8) is 0 Å². The van der Waals surface area contributed by atoms with Gasteiger partial charge in [-0.3, -0.25) is 4.79 Å². The van der Waals surface area contributed by atoms with Gasteiger partial charge in [0.2, 0.25) is 5.91 Å². The Morgan fingerprint density at radius 1 is 1.25 bits per heavy atom. The molecule has 24 heavy (non-hydrogen) atoms. The van der Waals surface area contributed by atoms with Gasteiger partial charge in [0.05, 0.1) is 0 Å². The number of benzene rings is 1. The molecule has 0 radical (unpaired) electrons. The number of aliphatic imine (C=N–C) groups is 1. The van der Waals surface area contributed by atoms with Crippen LogP contribution < -0.4 is 16.0 Å². The van der Waals surface area contributed by atoms with Crippen molar-refractivity contribution in [1.29, 1.82) is 0 Å². The highest BCUT2D eigenvalue weighted by atomic mass is 127. The lowest BCUT2D eigenvalue weighted by Gasteiger charge is -2.11. The number of unbranched alkanes of at least 4 members (excludes halogenated alkanes) is 2. The van der Waals surface area contributed by atoms with E-state index >= 15 is 0 Å². The molecule has 0 saturated heterocycles. The summed E-state index contributed by atoms with van der Waals surface area (Å²) in [5.41, 5.74) is 1.42. The number of guanidine groups is 1. The highest BCUT2D eigenvalue weighted by Gasteiger charge is 2.03. The summed E-state index contributed by atoms with van der Waals surface area (Å²) in [5, 5.41) is 9.15. The largest absolute Gasteiger partial charge is 0.357 e. The summed E-state index contributed by atoms with van der Waals surface area (Å²) in [4.78, 5) is 16.3. The first-order valence-electron chi connectivity index (χ1n) is 8.08. The van der Waals surface area contributed by atoms with Crippen LogP contribution in [-0.4, -0.2) is 31.5 Å². The minimum Gasteiger partial charge on any atom is -0.357 e. The number of halogens is 1. The molecule has 0 aliphatic carbocycles. The van der Waals surface area contributed by atoms with Crippen LogP contribution in [0.25, 0.3) is 0 Å². The zero-order valence-electron chi connectivity index (χ0n) is 14.4. The summed E-state index contributed by atoms with van der Waals surface area (Å²) in [6, 6.07) is 7.19. The summed E-state index contributed by atoms with van der Waals surface area (Å²) >= 11 is 0. The highest BCUT2D eigenvalue weighted by Crippen LogP contribution is 2.09. The van der Waals surface area contributed by atoms with E-state index in [-0.39, 0.29) is 36.4 Å². The lowest BCUT2D eigenvalue weighted by atomic mass is 10.2. The van der Waals surface area contributed by atoms with Crippen molar-refractivity contribution in [2.75, 3.05) is 25.0 Å². The molecule has 5 nitrogen and oxygen atoms in total. The Morgan fingerprint density at radius 3 is 2.71 bits per heavy atom. The SMILES string of the molecule is C#Cc1cccc(NC(=O)CN=C(NCC)NCCCCC)c1.I. The van der Waals surface area contributed by atoms with Crippen LogP contribution in [0.2, 0.25) is 0 Å².